The molecular weight excluding hydrogens is 406 g/mol. The second-order valence-corrected chi connectivity index (χ2v) is 8.16. The summed E-state index contributed by atoms with van der Waals surface area (Å²) >= 11 is 0. The van der Waals surface area contributed by atoms with E-state index in [0.717, 1.165) is 42.6 Å². The lowest BCUT2D eigenvalue weighted by Gasteiger charge is -2.33. The first kappa shape index (κ1) is 21.9. The molecule has 0 aliphatic heterocycles. The molecule has 1 aliphatic rings. The summed E-state index contributed by atoms with van der Waals surface area (Å²) < 4.78 is 16.5. The van der Waals surface area contributed by atoms with Gasteiger partial charge in [0.05, 0.1) is 7.11 Å². The molecule has 1 aliphatic carbocycles. The Morgan fingerprint density at radius 3 is 2.41 bits per heavy atom. The summed E-state index contributed by atoms with van der Waals surface area (Å²) in [6.07, 6.45) is 5.41. The van der Waals surface area contributed by atoms with Crippen LogP contribution in [0.3, 0.4) is 0 Å². The number of amides is 1. The van der Waals surface area contributed by atoms with Gasteiger partial charge in [-0.1, -0.05) is 42.1 Å². The highest BCUT2D eigenvalue weighted by molar-refractivity contribution is 5.78. The molecule has 1 aromatic heterocycles. The highest BCUT2D eigenvalue weighted by Gasteiger charge is 2.28. The second kappa shape index (κ2) is 10.3. The number of benzene rings is 2. The van der Waals surface area contributed by atoms with Gasteiger partial charge in [-0.15, -0.1) is 0 Å². The van der Waals surface area contributed by atoms with Gasteiger partial charge in [0.25, 0.3) is 5.91 Å². The van der Waals surface area contributed by atoms with Crippen molar-refractivity contribution >= 4 is 5.91 Å². The molecule has 2 aromatic carbocycles. The minimum atomic E-state index is -0.0679. The van der Waals surface area contributed by atoms with Crippen molar-refractivity contribution in [2.45, 2.75) is 51.6 Å². The molecule has 1 saturated carbocycles. The van der Waals surface area contributed by atoms with Gasteiger partial charge >= 0.3 is 0 Å². The van der Waals surface area contributed by atoms with E-state index in [1.165, 1.54) is 6.42 Å². The SMILES string of the molecule is COc1ccc(-c2noc(CN(C(=O)COc3ccc(C)cc3)C3CCCCC3)n2)cc1. The van der Waals surface area contributed by atoms with Crippen LogP contribution in [0, 0.1) is 6.92 Å². The van der Waals surface area contributed by atoms with Gasteiger partial charge in [-0.2, -0.15) is 4.98 Å². The van der Waals surface area contributed by atoms with E-state index >= 15 is 0 Å². The normalized spacial score (nSPS) is 14.2. The number of carbonyl (C=O) groups excluding carboxylic acids is 1. The highest BCUT2D eigenvalue weighted by atomic mass is 16.5. The number of methoxy groups -OCH3 is 1. The van der Waals surface area contributed by atoms with Gasteiger partial charge in [-0.05, 0) is 56.2 Å². The third-order valence-electron chi connectivity index (χ3n) is 5.84. The van der Waals surface area contributed by atoms with E-state index in [0.29, 0.717) is 17.5 Å². The molecule has 0 unspecified atom stereocenters. The van der Waals surface area contributed by atoms with Gasteiger partial charge < -0.3 is 18.9 Å². The van der Waals surface area contributed by atoms with Crippen LogP contribution in [0.25, 0.3) is 11.4 Å². The average molecular weight is 436 g/mol. The molecular formula is C25H29N3O4. The van der Waals surface area contributed by atoms with Crippen LogP contribution in [0.15, 0.2) is 53.1 Å². The molecule has 32 heavy (non-hydrogen) atoms. The molecule has 7 heteroatoms. The maximum absolute atomic E-state index is 13.1. The Balaban J connectivity index is 1.46. The Hall–Kier alpha value is -3.35. The third kappa shape index (κ3) is 5.46. The summed E-state index contributed by atoms with van der Waals surface area (Å²) in [6, 6.07) is 15.3. The van der Waals surface area contributed by atoms with Crippen LogP contribution >= 0.6 is 0 Å². The van der Waals surface area contributed by atoms with Crippen molar-refractivity contribution in [1.29, 1.82) is 0 Å². The van der Waals surface area contributed by atoms with Gasteiger partial charge in [0.15, 0.2) is 6.61 Å². The average Bonchev–Trinajstić information content (AvgIpc) is 3.31. The van der Waals surface area contributed by atoms with E-state index < -0.39 is 0 Å². The zero-order valence-electron chi connectivity index (χ0n) is 18.6. The monoisotopic (exact) mass is 435 g/mol. The Labute approximate surface area is 188 Å². The highest BCUT2D eigenvalue weighted by Crippen LogP contribution is 2.25. The Morgan fingerprint density at radius 1 is 1.03 bits per heavy atom. The summed E-state index contributed by atoms with van der Waals surface area (Å²) in [5, 5.41) is 4.11. The van der Waals surface area contributed by atoms with Crippen molar-refractivity contribution in [3.63, 3.8) is 0 Å². The van der Waals surface area contributed by atoms with Gasteiger partial charge in [0.1, 0.15) is 18.0 Å². The minimum Gasteiger partial charge on any atom is -0.497 e. The lowest BCUT2D eigenvalue weighted by Crippen LogP contribution is -2.43. The van der Waals surface area contributed by atoms with E-state index in [9.17, 15) is 4.79 Å². The van der Waals surface area contributed by atoms with E-state index in [-0.39, 0.29) is 25.1 Å². The number of hydrogen-bond acceptors (Lipinski definition) is 6. The molecule has 0 atom stereocenters. The Morgan fingerprint density at radius 2 is 1.72 bits per heavy atom. The van der Waals surface area contributed by atoms with E-state index in [1.54, 1.807) is 7.11 Å². The fourth-order valence-corrected chi connectivity index (χ4v) is 4.00. The lowest BCUT2D eigenvalue weighted by molar-refractivity contribution is -0.137. The zero-order valence-corrected chi connectivity index (χ0v) is 18.6. The summed E-state index contributed by atoms with van der Waals surface area (Å²) in [5.41, 5.74) is 1.98. The minimum absolute atomic E-state index is 0.0148. The lowest BCUT2D eigenvalue weighted by atomic mass is 9.94. The quantitative estimate of drug-likeness (QED) is 0.506. The standard InChI is InChI=1S/C25H29N3O4/c1-18-8-12-22(13-9-18)31-17-24(29)28(20-6-4-3-5-7-20)16-23-26-25(27-32-23)19-10-14-21(30-2)15-11-19/h8-15,20H,3-7,16-17H2,1-2H3. The number of aromatic nitrogens is 2. The van der Waals surface area contributed by atoms with Gasteiger partial charge in [0, 0.05) is 11.6 Å². The zero-order chi connectivity index (χ0) is 22.3. The largest absolute Gasteiger partial charge is 0.497 e. The molecule has 0 bridgehead atoms. The van der Waals surface area contributed by atoms with E-state index in [1.807, 2.05) is 60.4 Å². The number of hydrogen-bond donors (Lipinski definition) is 0. The van der Waals surface area contributed by atoms with Gasteiger partial charge in [0.2, 0.25) is 11.7 Å². The molecule has 168 valence electrons. The van der Waals surface area contributed by atoms with Crippen LogP contribution in [0.1, 0.15) is 43.6 Å². The number of aryl methyl sites for hydroxylation is 1. The fourth-order valence-electron chi connectivity index (χ4n) is 4.00. The molecule has 0 spiro atoms. The Kier molecular flexibility index (Phi) is 7.04. The molecule has 1 amide bonds. The predicted octanol–water partition coefficient (Wildman–Crippen LogP) is 4.79. The molecule has 0 N–H and O–H groups in total. The first-order chi connectivity index (χ1) is 15.6. The fraction of sp³-hybridized carbons (Fsp3) is 0.400. The smallest absolute Gasteiger partial charge is 0.261 e. The summed E-state index contributed by atoms with van der Waals surface area (Å²) in [5.74, 6) is 2.30. The van der Waals surface area contributed by atoms with Crippen molar-refractivity contribution < 1.29 is 18.8 Å². The maximum atomic E-state index is 13.1. The van der Waals surface area contributed by atoms with Crippen LogP contribution in [0.5, 0.6) is 11.5 Å². The van der Waals surface area contributed by atoms with Crippen molar-refractivity contribution in [2.24, 2.45) is 0 Å². The van der Waals surface area contributed by atoms with Crippen molar-refractivity contribution in [3.05, 3.63) is 60.0 Å². The molecule has 0 radical (unpaired) electrons. The second-order valence-electron chi connectivity index (χ2n) is 8.16. The maximum Gasteiger partial charge on any atom is 0.261 e. The number of ether oxygens (including phenoxy) is 2. The van der Waals surface area contributed by atoms with Crippen LogP contribution in [-0.2, 0) is 11.3 Å². The third-order valence-corrected chi connectivity index (χ3v) is 5.84. The van der Waals surface area contributed by atoms with Crippen molar-refractivity contribution in [3.8, 4) is 22.9 Å². The molecule has 7 nitrogen and oxygen atoms in total. The van der Waals surface area contributed by atoms with E-state index in [2.05, 4.69) is 10.1 Å². The summed E-state index contributed by atoms with van der Waals surface area (Å²) in [6.45, 7) is 2.29. The predicted molar refractivity (Wildman–Crippen MR) is 120 cm³/mol. The summed E-state index contributed by atoms with van der Waals surface area (Å²) in [7, 11) is 1.63. The van der Waals surface area contributed by atoms with Crippen molar-refractivity contribution in [2.75, 3.05) is 13.7 Å². The van der Waals surface area contributed by atoms with Gasteiger partial charge in [-0.3, -0.25) is 4.79 Å². The topological polar surface area (TPSA) is 77.7 Å². The van der Waals surface area contributed by atoms with Crippen molar-refractivity contribution in [1.82, 2.24) is 15.0 Å². The molecule has 1 heterocycles. The molecule has 1 fully saturated rings. The number of rotatable bonds is 8. The number of carbonyl (C=O) groups is 1. The van der Waals surface area contributed by atoms with Crippen LogP contribution in [0.4, 0.5) is 0 Å². The Bertz CT molecular complexity index is 1010. The number of nitrogens with zero attached hydrogens (tertiary/aromatic N) is 3. The van der Waals surface area contributed by atoms with Gasteiger partial charge in [-0.25, -0.2) is 0 Å². The van der Waals surface area contributed by atoms with Crippen LogP contribution in [-0.4, -0.2) is 40.7 Å². The van der Waals surface area contributed by atoms with Crippen LogP contribution < -0.4 is 9.47 Å². The molecule has 0 saturated heterocycles. The van der Waals surface area contributed by atoms with Crippen LogP contribution in [0.2, 0.25) is 0 Å². The first-order valence-electron chi connectivity index (χ1n) is 11.1. The summed E-state index contributed by atoms with van der Waals surface area (Å²) in [4.78, 5) is 19.5. The van der Waals surface area contributed by atoms with E-state index in [4.69, 9.17) is 14.0 Å². The first-order valence-corrected chi connectivity index (χ1v) is 11.1. The molecule has 3 aromatic rings. The molecule has 4 rings (SSSR count).